The van der Waals surface area contributed by atoms with Gasteiger partial charge in [-0.2, -0.15) is 0 Å². The normalized spacial score (nSPS) is 11.8. The number of aryl methyl sites for hydroxylation is 2. The lowest BCUT2D eigenvalue weighted by Gasteiger charge is -2.16. The quantitative estimate of drug-likeness (QED) is 0.637. The summed E-state index contributed by atoms with van der Waals surface area (Å²) >= 11 is 0. The molecule has 0 aromatic heterocycles. The standard InChI is InChI=1S/C15H22N2O3/c1-5-6-12(15(19)20-4)17-14(18)11-7-9(2)13(16)10(3)8-11/h7-8,12H,5-6,16H2,1-4H3,(H,17,18)/t12-/m1/s1. The number of anilines is 1. The molecule has 0 aliphatic heterocycles. The summed E-state index contributed by atoms with van der Waals surface area (Å²) in [5.74, 6) is -0.718. The Morgan fingerprint density at radius 1 is 1.30 bits per heavy atom. The molecule has 1 rings (SSSR count). The minimum atomic E-state index is -0.615. The van der Waals surface area contributed by atoms with Gasteiger partial charge in [0.05, 0.1) is 7.11 Å². The monoisotopic (exact) mass is 278 g/mol. The third kappa shape index (κ3) is 3.73. The van der Waals surface area contributed by atoms with E-state index in [9.17, 15) is 9.59 Å². The summed E-state index contributed by atoms with van der Waals surface area (Å²) in [7, 11) is 1.31. The molecule has 0 spiro atoms. The van der Waals surface area contributed by atoms with Gasteiger partial charge in [0.15, 0.2) is 0 Å². The van der Waals surface area contributed by atoms with Crippen molar-refractivity contribution in [1.82, 2.24) is 5.32 Å². The van der Waals surface area contributed by atoms with Crippen molar-refractivity contribution in [2.24, 2.45) is 0 Å². The zero-order valence-corrected chi connectivity index (χ0v) is 12.4. The minimum Gasteiger partial charge on any atom is -0.467 e. The zero-order valence-electron chi connectivity index (χ0n) is 12.4. The number of methoxy groups -OCH3 is 1. The lowest BCUT2D eigenvalue weighted by Crippen LogP contribution is -2.41. The summed E-state index contributed by atoms with van der Waals surface area (Å²) in [5.41, 5.74) is 8.74. The van der Waals surface area contributed by atoms with E-state index >= 15 is 0 Å². The molecule has 1 aromatic rings. The van der Waals surface area contributed by atoms with Crippen LogP contribution in [-0.2, 0) is 9.53 Å². The maximum atomic E-state index is 12.2. The molecule has 5 heteroatoms. The van der Waals surface area contributed by atoms with E-state index in [-0.39, 0.29) is 5.91 Å². The van der Waals surface area contributed by atoms with Crippen LogP contribution in [0.1, 0.15) is 41.3 Å². The number of nitrogens with two attached hydrogens (primary N) is 1. The summed E-state index contributed by atoms with van der Waals surface area (Å²) in [6.45, 7) is 5.64. The Hall–Kier alpha value is -2.04. The molecule has 0 fully saturated rings. The van der Waals surface area contributed by atoms with Gasteiger partial charge in [0, 0.05) is 11.3 Å². The van der Waals surface area contributed by atoms with Crippen molar-refractivity contribution in [3.8, 4) is 0 Å². The highest BCUT2D eigenvalue weighted by Crippen LogP contribution is 2.18. The first-order valence-corrected chi connectivity index (χ1v) is 6.66. The average Bonchev–Trinajstić information content (AvgIpc) is 2.42. The first kappa shape index (κ1) is 16.0. The lowest BCUT2D eigenvalue weighted by atomic mass is 10.0. The van der Waals surface area contributed by atoms with E-state index in [1.54, 1.807) is 12.1 Å². The minimum absolute atomic E-state index is 0.292. The number of hydrogen-bond donors (Lipinski definition) is 2. The zero-order chi connectivity index (χ0) is 15.3. The summed E-state index contributed by atoms with van der Waals surface area (Å²) < 4.78 is 4.69. The van der Waals surface area contributed by atoms with Crippen molar-refractivity contribution >= 4 is 17.6 Å². The molecule has 0 heterocycles. The SMILES string of the molecule is CCC[C@@H](NC(=O)c1cc(C)c(N)c(C)c1)C(=O)OC. The van der Waals surface area contributed by atoms with Crippen molar-refractivity contribution < 1.29 is 14.3 Å². The fourth-order valence-corrected chi connectivity index (χ4v) is 2.03. The van der Waals surface area contributed by atoms with Gasteiger partial charge in [-0.05, 0) is 43.5 Å². The Bertz CT molecular complexity index is 489. The number of hydrogen-bond acceptors (Lipinski definition) is 4. The molecule has 1 aromatic carbocycles. The van der Waals surface area contributed by atoms with Crippen molar-refractivity contribution in [2.45, 2.75) is 39.7 Å². The second kappa shape index (κ2) is 6.93. The van der Waals surface area contributed by atoms with E-state index in [1.807, 2.05) is 20.8 Å². The van der Waals surface area contributed by atoms with E-state index in [4.69, 9.17) is 10.5 Å². The molecular formula is C15H22N2O3. The lowest BCUT2D eigenvalue weighted by molar-refractivity contribution is -0.143. The van der Waals surface area contributed by atoms with Gasteiger partial charge in [-0.1, -0.05) is 13.3 Å². The Labute approximate surface area is 119 Å². The molecule has 0 aliphatic carbocycles. The summed E-state index contributed by atoms with van der Waals surface area (Å²) in [6.07, 6.45) is 1.32. The van der Waals surface area contributed by atoms with Crippen LogP contribution in [0, 0.1) is 13.8 Å². The molecule has 0 bridgehead atoms. The number of nitrogens with one attached hydrogen (secondary N) is 1. The van der Waals surface area contributed by atoms with Gasteiger partial charge in [0.1, 0.15) is 6.04 Å². The topological polar surface area (TPSA) is 81.4 Å². The number of esters is 1. The largest absolute Gasteiger partial charge is 0.467 e. The highest BCUT2D eigenvalue weighted by atomic mass is 16.5. The number of carbonyl (C=O) groups is 2. The Kier molecular flexibility index (Phi) is 5.55. The molecule has 5 nitrogen and oxygen atoms in total. The predicted molar refractivity (Wildman–Crippen MR) is 78.5 cm³/mol. The molecule has 1 amide bonds. The molecule has 0 aliphatic rings. The molecule has 0 unspecified atom stereocenters. The summed E-state index contributed by atoms with van der Waals surface area (Å²) in [5, 5.41) is 2.70. The number of nitrogen functional groups attached to an aromatic ring is 1. The first-order chi connectivity index (χ1) is 9.40. The molecular weight excluding hydrogens is 256 g/mol. The second-order valence-corrected chi connectivity index (χ2v) is 4.86. The fraction of sp³-hybridized carbons (Fsp3) is 0.467. The van der Waals surface area contributed by atoms with Crippen molar-refractivity contribution in [2.75, 3.05) is 12.8 Å². The fourth-order valence-electron chi connectivity index (χ4n) is 2.03. The highest BCUT2D eigenvalue weighted by Gasteiger charge is 2.21. The third-order valence-corrected chi connectivity index (χ3v) is 3.22. The van der Waals surface area contributed by atoms with Crippen molar-refractivity contribution in [3.63, 3.8) is 0 Å². The van der Waals surface area contributed by atoms with Crippen LogP contribution >= 0.6 is 0 Å². The van der Waals surface area contributed by atoms with Crippen molar-refractivity contribution in [3.05, 3.63) is 28.8 Å². The smallest absolute Gasteiger partial charge is 0.328 e. The van der Waals surface area contributed by atoms with Crippen LogP contribution in [-0.4, -0.2) is 25.0 Å². The third-order valence-electron chi connectivity index (χ3n) is 3.22. The molecule has 20 heavy (non-hydrogen) atoms. The van der Waals surface area contributed by atoms with Crippen LogP contribution < -0.4 is 11.1 Å². The predicted octanol–water partition coefficient (Wildman–Crippen LogP) is 1.96. The van der Waals surface area contributed by atoms with E-state index in [1.165, 1.54) is 7.11 Å². The van der Waals surface area contributed by atoms with Crippen LogP contribution in [0.25, 0.3) is 0 Å². The highest BCUT2D eigenvalue weighted by molar-refractivity contribution is 5.97. The van der Waals surface area contributed by atoms with Gasteiger partial charge >= 0.3 is 5.97 Å². The van der Waals surface area contributed by atoms with Crippen LogP contribution in [0.2, 0.25) is 0 Å². The number of rotatable bonds is 5. The van der Waals surface area contributed by atoms with Gasteiger partial charge in [0.25, 0.3) is 5.91 Å². The summed E-state index contributed by atoms with van der Waals surface area (Å²) in [6, 6.07) is 2.83. The number of carbonyl (C=O) groups excluding carboxylic acids is 2. The van der Waals surface area contributed by atoms with Gasteiger partial charge in [-0.15, -0.1) is 0 Å². The van der Waals surface area contributed by atoms with Crippen LogP contribution in [0.5, 0.6) is 0 Å². The van der Waals surface area contributed by atoms with Crippen LogP contribution in [0.4, 0.5) is 5.69 Å². The Morgan fingerprint density at radius 3 is 2.30 bits per heavy atom. The number of ether oxygens (including phenoxy) is 1. The van der Waals surface area contributed by atoms with Gasteiger partial charge in [-0.3, -0.25) is 4.79 Å². The number of amides is 1. The van der Waals surface area contributed by atoms with E-state index in [2.05, 4.69) is 5.32 Å². The summed E-state index contributed by atoms with van der Waals surface area (Å²) in [4.78, 5) is 23.8. The van der Waals surface area contributed by atoms with Gasteiger partial charge in [-0.25, -0.2) is 4.79 Å². The van der Waals surface area contributed by atoms with Crippen molar-refractivity contribution in [1.29, 1.82) is 0 Å². The molecule has 0 radical (unpaired) electrons. The molecule has 110 valence electrons. The van der Waals surface area contributed by atoms with E-state index < -0.39 is 12.0 Å². The average molecular weight is 278 g/mol. The Morgan fingerprint density at radius 2 is 1.85 bits per heavy atom. The van der Waals surface area contributed by atoms with E-state index in [0.717, 1.165) is 17.5 Å². The molecule has 3 N–H and O–H groups in total. The Balaban J connectivity index is 2.91. The first-order valence-electron chi connectivity index (χ1n) is 6.66. The van der Waals surface area contributed by atoms with Crippen LogP contribution in [0.3, 0.4) is 0 Å². The maximum Gasteiger partial charge on any atom is 0.328 e. The van der Waals surface area contributed by atoms with Gasteiger partial charge in [0.2, 0.25) is 0 Å². The maximum absolute atomic E-state index is 12.2. The van der Waals surface area contributed by atoms with E-state index in [0.29, 0.717) is 17.7 Å². The molecule has 0 saturated heterocycles. The van der Waals surface area contributed by atoms with Crippen LogP contribution in [0.15, 0.2) is 12.1 Å². The second-order valence-electron chi connectivity index (χ2n) is 4.86. The number of benzene rings is 1. The molecule has 1 atom stereocenters. The van der Waals surface area contributed by atoms with Gasteiger partial charge < -0.3 is 15.8 Å². The molecule has 0 saturated carbocycles.